The number of likely N-dealkylation sites (tertiary alicyclic amines) is 1. The van der Waals surface area contributed by atoms with Crippen LogP contribution in [-0.2, 0) is 11.3 Å². The van der Waals surface area contributed by atoms with Crippen LogP contribution in [0, 0.1) is 0 Å². The quantitative estimate of drug-likeness (QED) is 0.542. The van der Waals surface area contributed by atoms with Gasteiger partial charge in [-0.05, 0) is 35.9 Å². The number of aromatic nitrogens is 1. The van der Waals surface area contributed by atoms with Crippen LogP contribution in [0.3, 0.4) is 0 Å². The molecule has 0 unspecified atom stereocenters. The maximum Gasteiger partial charge on any atom is 0.273 e. The van der Waals surface area contributed by atoms with Crippen LogP contribution < -0.4 is 24.8 Å². The normalized spacial score (nSPS) is 19.9. The number of rotatable bonds is 2. The van der Waals surface area contributed by atoms with E-state index in [-0.39, 0.29) is 43.2 Å². The molecule has 11 heteroatoms. The first-order valence-electron chi connectivity index (χ1n) is 11.3. The second kappa shape index (κ2) is 10.2. The second-order valence-corrected chi connectivity index (χ2v) is 9.11. The van der Waals surface area contributed by atoms with E-state index in [4.69, 9.17) is 14.2 Å². The highest BCUT2D eigenvalue weighted by Gasteiger charge is 2.39. The molecule has 3 aliphatic heterocycles. The fourth-order valence-corrected chi connectivity index (χ4v) is 4.64. The van der Waals surface area contributed by atoms with Crippen LogP contribution in [-0.4, -0.2) is 66.6 Å². The molecule has 0 radical (unpaired) electrons. The fourth-order valence-electron chi connectivity index (χ4n) is 4.12. The average molecular weight is 509 g/mol. The first-order valence-corrected chi connectivity index (χ1v) is 12.3. The molecule has 0 saturated carbocycles. The number of fused-ring (bicyclic) bond motifs is 7. The molecule has 4 heterocycles. The van der Waals surface area contributed by atoms with E-state index in [1.54, 1.807) is 40.1 Å². The molecule has 0 aliphatic carbocycles. The summed E-state index contributed by atoms with van der Waals surface area (Å²) in [5.74, 6) is 0.374. The van der Waals surface area contributed by atoms with Crippen molar-refractivity contribution in [3.8, 4) is 17.2 Å². The van der Waals surface area contributed by atoms with Crippen LogP contribution in [0.5, 0.6) is 17.2 Å². The number of nitrogens with zero attached hydrogens (tertiary/aromatic N) is 2. The molecule has 0 spiro atoms. The zero-order valence-electron chi connectivity index (χ0n) is 19.4. The summed E-state index contributed by atoms with van der Waals surface area (Å²) in [6.45, 7) is 0.640. The summed E-state index contributed by atoms with van der Waals surface area (Å²) in [5, 5.41) is 7.50. The van der Waals surface area contributed by atoms with Gasteiger partial charge in [0.05, 0.1) is 25.2 Å². The predicted octanol–water partition coefficient (Wildman–Crippen LogP) is 1.86. The van der Waals surface area contributed by atoms with Crippen molar-refractivity contribution < 1.29 is 28.6 Å². The van der Waals surface area contributed by atoms with Crippen LogP contribution in [0.1, 0.15) is 26.4 Å². The van der Waals surface area contributed by atoms with Crippen molar-refractivity contribution in [3.05, 3.63) is 70.2 Å². The largest absolute Gasteiger partial charge is 0.493 e. The highest BCUT2D eigenvalue weighted by molar-refractivity contribution is 7.07. The van der Waals surface area contributed by atoms with Gasteiger partial charge >= 0.3 is 0 Å². The Hall–Kier alpha value is -4.12. The predicted molar refractivity (Wildman–Crippen MR) is 130 cm³/mol. The molecule has 3 aromatic rings. The van der Waals surface area contributed by atoms with E-state index in [2.05, 4.69) is 15.6 Å². The highest BCUT2D eigenvalue weighted by Crippen LogP contribution is 2.29. The van der Waals surface area contributed by atoms with Gasteiger partial charge in [-0.1, -0.05) is 12.1 Å². The van der Waals surface area contributed by atoms with E-state index < -0.39 is 12.1 Å². The van der Waals surface area contributed by atoms with E-state index in [1.165, 1.54) is 24.5 Å². The van der Waals surface area contributed by atoms with Gasteiger partial charge in [0.15, 0.2) is 18.1 Å². The van der Waals surface area contributed by atoms with Crippen LogP contribution in [0.15, 0.2) is 53.4 Å². The van der Waals surface area contributed by atoms with Crippen molar-refractivity contribution in [2.45, 2.75) is 18.7 Å². The average Bonchev–Trinajstić information content (AvgIpc) is 3.57. The molecule has 1 fully saturated rings. The minimum absolute atomic E-state index is 0.213. The van der Waals surface area contributed by atoms with E-state index in [0.717, 1.165) is 5.56 Å². The Morgan fingerprint density at radius 2 is 2.00 bits per heavy atom. The van der Waals surface area contributed by atoms with E-state index in [9.17, 15) is 14.4 Å². The molecule has 2 aromatic carbocycles. The van der Waals surface area contributed by atoms with Crippen LogP contribution in [0.2, 0.25) is 0 Å². The molecule has 2 atom stereocenters. The number of ether oxygens (including phenoxy) is 3. The number of benzene rings is 2. The van der Waals surface area contributed by atoms with Crippen molar-refractivity contribution in [1.29, 1.82) is 0 Å². The number of amides is 3. The summed E-state index contributed by atoms with van der Waals surface area (Å²) >= 11 is 1.35. The number of carbonyl (C=O) groups excluding carboxylic acids is 3. The lowest BCUT2D eigenvalue weighted by Gasteiger charge is -2.21. The molecule has 2 N–H and O–H groups in total. The van der Waals surface area contributed by atoms with Gasteiger partial charge in [-0.25, -0.2) is 4.98 Å². The van der Waals surface area contributed by atoms with E-state index in [0.29, 0.717) is 29.3 Å². The van der Waals surface area contributed by atoms with Crippen molar-refractivity contribution in [2.75, 3.05) is 26.8 Å². The van der Waals surface area contributed by atoms with Gasteiger partial charge in [0.25, 0.3) is 17.7 Å². The standard InChI is InChI=1S/C25H24N4O6S/c1-33-20-7-4-16-8-21(20)34-12-23(30)26-9-15-2-5-17(6-3-15)35-22-11-29(10-18(22)28-24(16)31)25(32)19-13-36-14-27-19/h2-8,13-14,18,22H,9-12H2,1H3,(H,26,30)(H,28,31)/t18-,22-/m0/s1. The number of nitrogens with one attached hydrogen (secondary N) is 2. The summed E-state index contributed by atoms with van der Waals surface area (Å²) in [6.07, 6.45) is -0.480. The minimum atomic E-state index is -0.480. The van der Waals surface area contributed by atoms with Crippen LogP contribution in [0.25, 0.3) is 0 Å². The Labute approximate surface area is 211 Å². The van der Waals surface area contributed by atoms with Gasteiger partial charge in [-0.3, -0.25) is 14.4 Å². The Morgan fingerprint density at radius 1 is 1.17 bits per heavy atom. The van der Waals surface area contributed by atoms with Crippen molar-refractivity contribution in [3.63, 3.8) is 0 Å². The Kier molecular flexibility index (Phi) is 6.72. The molecule has 36 heavy (non-hydrogen) atoms. The third kappa shape index (κ3) is 5.10. The van der Waals surface area contributed by atoms with Gasteiger partial charge in [0.1, 0.15) is 17.5 Å². The molecular weight excluding hydrogens is 484 g/mol. The summed E-state index contributed by atoms with van der Waals surface area (Å²) < 4.78 is 17.2. The number of carbonyl (C=O) groups is 3. The molecule has 1 aromatic heterocycles. The van der Waals surface area contributed by atoms with E-state index in [1.807, 2.05) is 12.1 Å². The van der Waals surface area contributed by atoms with Crippen LogP contribution >= 0.6 is 11.3 Å². The molecule has 3 amide bonds. The second-order valence-electron chi connectivity index (χ2n) is 8.40. The summed E-state index contributed by atoms with van der Waals surface area (Å²) in [7, 11) is 1.48. The molecule has 10 nitrogen and oxygen atoms in total. The van der Waals surface area contributed by atoms with E-state index >= 15 is 0 Å². The lowest BCUT2D eigenvalue weighted by molar-refractivity contribution is -0.123. The Balaban J connectivity index is 1.45. The van der Waals surface area contributed by atoms with Crippen molar-refractivity contribution in [1.82, 2.24) is 20.5 Å². The monoisotopic (exact) mass is 508 g/mol. The fraction of sp³-hybridized carbons (Fsp3) is 0.280. The van der Waals surface area contributed by atoms with Crippen molar-refractivity contribution >= 4 is 29.1 Å². The number of methoxy groups -OCH3 is 1. The van der Waals surface area contributed by atoms with Gasteiger partial charge in [-0.15, -0.1) is 11.3 Å². The maximum atomic E-state index is 13.2. The van der Waals surface area contributed by atoms with Gasteiger partial charge < -0.3 is 29.7 Å². The van der Waals surface area contributed by atoms with Gasteiger partial charge in [0.2, 0.25) is 0 Å². The summed E-state index contributed by atoms with van der Waals surface area (Å²) in [6, 6.07) is 11.6. The third-order valence-electron chi connectivity index (χ3n) is 6.01. The smallest absolute Gasteiger partial charge is 0.273 e. The zero-order valence-corrected chi connectivity index (χ0v) is 20.2. The van der Waals surface area contributed by atoms with Gasteiger partial charge in [-0.2, -0.15) is 0 Å². The van der Waals surface area contributed by atoms with Gasteiger partial charge in [0, 0.05) is 24.0 Å². The number of hydrogen-bond donors (Lipinski definition) is 2. The molecule has 186 valence electrons. The lowest BCUT2D eigenvalue weighted by Crippen LogP contribution is -2.45. The molecule has 4 bridgehead atoms. The highest BCUT2D eigenvalue weighted by atomic mass is 32.1. The SMILES string of the molecule is COc1ccc2cc1OCC(=O)NCc1ccc(cc1)O[C@H]1CN(C(=O)c3cscn3)C[C@@H]1NC2=O. The molecule has 1 saturated heterocycles. The lowest BCUT2D eigenvalue weighted by atomic mass is 10.1. The molecular formula is C25H24N4O6S. The zero-order chi connectivity index (χ0) is 25.1. The minimum Gasteiger partial charge on any atom is -0.493 e. The number of thiazole rings is 1. The number of hydrogen-bond acceptors (Lipinski definition) is 8. The topological polar surface area (TPSA) is 119 Å². The maximum absolute atomic E-state index is 13.2. The van der Waals surface area contributed by atoms with Crippen molar-refractivity contribution in [2.24, 2.45) is 0 Å². The molecule has 6 rings (SSSR count). The summed E-state index contributed by atoms with van der Waals surface area (Å²) in [5.41, 5.74) is 3.18. The summed E-state index contributed by atoms with van der Waals surface area (Å²) in [4.78, 5) is 44.2. The molecule has 3 aliphatic rings. The Bertz CT molecular complexity index is 1260. The third-order valence-corrected chi connectivity index (χ3v) is 6.59. The first-order chi connectivity index (χ1) is 17.5. The Morgan fingerprint density at radius 3 is 2.75 bits per heavy atom. The van der Waals surface area contributed by atoms with Crippen LogP contribution in [0.4, 0.5) is 0 Å². The first kappa shape index (κ1) is 23.6.